The van der Waals surface area contributed by atoms with Crippen LogP contribution in [0.15, 0.2) is 29.6 Å². The third-order valence-electron chi connectivity index (χ3n) is 2.30. The third kappa shape index (κ3) is 2.46. The van der Waals surface area contributed by atoms with Crippen molar-refractivity contribution < 1.29 is 0 Å². The average Bonchev–Trinajstić information content (AvgIpc) is 2.66. The molecule has 1 aromatic carbocycles. The first-order valence-corrected chi connectivity index (χ1v) is 6.24. The minimum Gasteiger partial charge on any atom is -0.393 e. The zero-order valence-electron chi connectivity index (χ0n) is 8.93. The van der Waals surface area contributed by atoms with E-state index in [1.807, 2.05) is 12.1 Å². The van der Waals surface area contributed by atoms with E-state index < -0.39 is 0 Å². The van der Waals surface area contributed by atoms with Gasteiger partial charge >= 0.3 is 0 Å². The molecule has 0 spiro atoms. The number of nitrogens with zero attached hydrogens (tertiary/aromatic N) is 1. The van der Waals surface area contributed by atoms with E-state index in [-0.39, 0.29) is 0 Å². The van der Waals surface area contributed by atoms with Crippen molar-refractivity contribution in [2.75, 3.05) is 0 Å². The summed E-state index contributed by atoms with van der Waals surface area (Å²) >= 11 is 6.48. The molecule has 0 saturated heterocycles. The molecule has 0 aliphatic heterocycles. The highest BCUT2D eigenvalue weighted by molar-refractivity contribution is 7.80. The van der Waals surface area contributed by atoms with Crippen LogP contribution in [0.2, 0.25) is 0 Å². The van der Waals surface area contributed by atoms with E-state index >= 15 is 0 Å². The molecule has 82 valence electrons. The number of hydrogen-bond acceptors (Lipinski definition) is 3. The second-order valence-electron chi connectivity index (χ2n) is 3.58. The van der Waals surface area contributed by atoms with Crippen LogP contribution in [0.5, 0.6) is 0 Å². The second-order valence-corrected chi connectivity index (χ2v) is 5.05. The van der Waals surface area contributed by atoms with Crippen LogP contribution in [0.4, 0.5) is 0 Å². The van der Waals surface area contributed by atoms with Crippen molar-refractivity contribution in [3.05, 3.63) is 40.2 Å². The molecule has 0 bridgehead atoms. The molecule has 2 nitrogen and oxygen atoms in total. The lowest BCUT2D eigenvalue weighted by Crippen LogP contribution is -2.10. The molecule has 1 heterocycles. The lowest BCUT2D eigenvalue weighted by molar-refractivity contribution is 1.22. The lowest BCUT2D eigenvalue weighted by atomic mass is 10.1. The minimum absolute atomic E-state index is 0.491. The van der Waals surface area contributed by atoms with Crippen LogP contribution >= 0.6 is 23.6 Å². The third-order valence-corrected chi connectivity index (χ3v) is 3.29. The average molecular weight is 248 g/mol. The maximum Gasteiger partial charge on any atom is 0.1000 e. The zero-order chi connectivity index (χ0) is 11.5. The summed E-state index contributed by atoms with van der Waals surface area (Å²) in [5.41, 5.74) is 8.91. The summed E-state index contributed by atoms with van der Waals surface area (Å²) in [5.74, 6) is 0. The van der Waals surface area contributed by atoms with Gasteiger partial charge in [-0.25, -0.2) is 4.98 Å². The van der Waals surface area contributed by atoms with Crippen molar-refractivity contribution in [2.45, 2.75) is 13.3 Å². The normalized spacial score (nSPS) is 10.3. The number of benzene rings is 1. The highest BCUT2D eigenvalue weighted by Crippen LogP contribution is 2.24. The standard InChI is InChI=1S/C12H12N2S2/c1-8-4-2-3-5-9(8)10-7-16-12(14-10)6-11(13)15/h2-5,7H,6H2,1H3,(H2,13,15). The summed E-state index contributed by atoms with van der Waals surface area (Å²) in [6.45, 7) is 2.09. The van der Waals surface area contributed by atoms with Gasteiger partial charge in [-0.2, -0.15) is 0 Å². The van der Waals surface area contributed by atoms with E-state index in [1.54, 1.807) is 11.3 Å². The quantitative estimate of drug-likeness (QED) is 0.849. The molecule has 0 unspecified atom stereocenters. The fraction of sp³-hybridized carbons (Fsp3) is 0.167. The number of aryl methyl sites for hydroxylation is 1. The van der Waals surface area contributed by atoms with E-state index in [4.69, 9.17) is 18.0 Å². The summed E-state index contributed by atoms with van der Waals surface area (Å²) in [5, 5.41) is 3.03. The molecule has 0 atom stereocenters. The van der Waals surface area contributed by atoms with Gasteiger partial charge in [0.15, 0.2) is 0 Å². The summed E-state index contributed by atoms with van der Waals surface area (Å²) < 4.78 is 0. The Morgan fingerprint density at radius 2 is 2.19 bits per heavy atom. The SMILES string of the molecule is Cc1ccccc1-c1csc(CC(N)=S)n1. The molecule has 0 amide bonds. The Morgan fingerprint density at radius 3 is 2.88 bits per heavy atom. The highest BCUT2D eigenvalue weighted by atomic mass is 32.1. The van der Waals surface area contributed by atoms with E-state index in [1.165, 1.54) is 11.1 Å². The molecular weight excluding hydrogens is 236 g/mol. The van der Waals surface area contributed by atoms with Crippen LogP contribution in [0.25, 0.3) is 11.3 Å². The molecule has 0 saturated carbocycles. The van der Waals surface area contributed by atoms with Crippen LogP contribution in [0.1, 0.15) is 10.6 Å². The van der Waals surface area contributed by atoms with Crippen molar-refractivity contribution >= 4 is 28.5 Å². The fourth-order valence-electron chi connectivity index (χ4n) is 1.53. The van der Waals surface area contributed by atoms with E-state index in [9.17, 15) is 0 Å². The van der Waals surface area contributed by atoms with Gasteiger partial charge < -0.3 is 5.73 Å². The van der Waals surface area contributed by atoms with Crippen molar-refractivity contribution in [3.8, 4) is 11.3 Å². The van der Waals surface area contributed by atoms with Gasteiger partial charge in [0.1, 0.15) is 0 Å². The first-order valence-electron chi connectivity index (χ1n) is 4.95. The molecule has 0 fully saturated rings. The molecule has 2 rings (SSSR count). The Kier molecular flexibility index (Phi) is 3.31. The minimum atomic E-state index is 0.491. The van der Waals surface area contributed by atoms with E-state index in [0.717, 1.165) is 10.7 Å². The largest absolute Gasteiger partial charge is 0.393 e. The van der Waals surface area contributed by atoms with Crippen molar-refractivity contribution in [1.29, 1.82) is 0 Å². The van der Waals surface area contributed by atoms with Gasteiger partial charge in [-0.3, -0.25) is 0 Å². The molecular formula is C12H12N2S2. The van der Waals surface area contributed by atoms with Gasteiger partial charge in [0.25, 0.3) is 0 Å². The van der Waals surface area contributed by atoms with Gasteiger partial charge in [-0.15, -0.1) is 11.3 Å². The van der Waals surface area contributed by atoms with Crippen LogP contribution in [-0.2, 0) is 6.42 Å². The molecule has 4 heteroatoms. The molecule has 1 aromatic heterocycles. The van der Waals surface area contributed by atoms with Gasteiger partial charge in [-0.05, 0) is 12.5 Å². The van der Waals surface area contributed by atoms with Crippen LogP contribution in [-0.4, -0.2) is 9.97 Å². The molecule has 0 aliphatic carbocycles. The summed E-state index contributed by atoms with van der Waals surface area (Å²) in [6.07, 6.45) is 0.589. The maximum absolute atomic E-state index is 5.50. The van der Waals surface area contributed by atoms with Crippen LogP contribution < -0.4 is 5.73 Å². The Labute approximate surface area is 104 Å². The first-order chi connectivity index (χ1) is 7.66. The first kappa shape index (κ1) is 11.2. The van der Waals surface area contributed by atoms with Gasteiger partial charge in [0.2, 0.25) is 0 Å². The lowest BCUT2D eigenvalue weighted by Gasteiger charge is -2.00. The van der Waals surface area contributed by atoms with Gasteiger partial charge in [0, 0.05) is 17.4 Å². The molecule has 2 N–H and O–H groups in total. The molecule has 2 aromatic rings. The van der Waals surface area contributed by atoms with Crippen LogP contribution in [0, 0.1) is 6.92 Å². The van der Waals surface area contributed by atoms with E-state index in [0.29, 0.717) is 11.4 Å². The predicted molar refractivity (Wildman–Crippen MR) is 72.8 cm³/mol. The van der Waals surface area contributed by atoms with Crippen molar-refractivity contribution in [1.82, 2.24) is 4.98 Å². The van der Waals surface area contributed by atoms with Gasteiger partial charge in [-0.1, -0.05) is 36.5 Å². The predicted octanol–water partition coefficient (Wildman–Crippen LogP) is 2.95. The molecule has 0 radical (unpaired) electrons. The summed E-state index contributed by atoms with van der Waals surface area (Å²) in [7, 11) is 0. The summed E-state index contributed by atoms with van der Waals surface area (Å²) in [4.78, 5) is 5.02. The monoisotopic (exact) mass is 248 g/mol. The highest BCUT2D eigenvalue weighted by Gasteiger charge is 2.06. The Hall–Kier alpha value is -1.26. The molecule has 0 aliphatic rings. The Bertz CT molecular complexity index is 517. The van der Waals surface area contributed by atoms with E-state index in [2.05, 4.69) is 29.4 Å². The van der Waals surface area contributed by atoms with Crippen LogP contribution in [0.3, 0.4) is 0 Å². The molecule has 16 heavy (non-hydrogen) atoms. The number of rotatable bonds is 3. The number of thiazole rings is 1. The van der Waals surface area contributed by atoms with Crippen molar-refractivity contribution in [3.63, 3.8) is 0 Å². The number of thiocarbonyl (C=S) groups is 1. The Balaban J connectivity index is 2.32. The Morgan fingerprint density at radius 1 is 1.44 bits per heavy atom. The second kappa shape index (κ2) is 4.72. The number of hydrogen-bond donors (Lipinski definition) is 1. The smallest absolute Gasteiger partial charge is 0.1000 e. The number of aromatic nitrogens is 1. The van der Waals surface area contributed by atoms with Gasteiger partial charge in [0.05, 0.1) is 15.7 Å². The topological polar surface area (TPSA) is 38.9 Å². The van der Waals surface area contributed by atoms with Crippen molar-refractivity contribution in [2.24, 2.45) is 5.73 Å². The summed E-state index contributed by atoms with van der Waals surface area (Å²) in [6, 6.07) is 8.22. The zero-order valence-corrected chi connectivity index (χ0v) is 10.6. The number of nitrogens with two attached hydrogens (primary N) is 1. The maximum atomic E-state index is 5.50. The fourth-order valence-corrected chi connectivity index (χ4v) is 2.57.